The van der Waals surface area contributed by atoms with Crippen LogP contribution in [0.5, 0.6) is 0 Å². The summed E-state index contributed by atoms with van der Waals surface area (Å²) < 4.78 is 2.83. The molecule has 10 aromatic carbocycles. The Balaban J connectivity index is 0.000000192. The molecule has 2 aliphatic carbocycles. The second-order valence-electron chi connectivity index (χ2n) is 23.2. The molecule has 0 bridgehead atoms. The molecule has 0 radical (unpaired) electrons. The zero-order chi connectivity index (χ0) is 61.2. The Morgan fingerprint density at radius 2 is 0.568 bits per heavy atom. The topological polar surface area (TPSA) is 0 Å². The summed E-state index contributed by atoms with van der Waals surface area (Å²) >= 11 is 2.92. The van der Waals surface area contributed by atoms with E-state index in [1.54, 1.807) is 22.3 Å². The molecule has 4 heteroatoms. The van der Waals surface area contributed by atoms with Crippen molar-refractivity contribution < 1.29 is 73.3 Å². The first-order valence-corrected chi connectivity index (χ1v) is 34.5. The van der Waals surface area contributed by atoms with Crippen LogP contribution in [0.3, 0.4) is 0 Å². The first kappa shape index (κ1) is 73.3. The standard InChI is InChI=1S/2C15H13.2C14H23.2C13H10.2ClH.2Zr/c2*1-10-3-5-14-12(7-10)9-13-8-11(2)4-6-15(13)14;2*1-4-7-12-10-11-13(8-5-2)14(12)9-6-3;2*1-3-7-12(8-4-1)11-13-9-5-2-6-10-13;;;;/h2*3-9H,1-2H3;2*4-10H2,1-3H3;2*1-10H;2*1H;;/q4*-1;;;;;2*+2/p-2. The van der Waals surface area contributed by atoms with Gasteiger partial charge in [-0.25, -0.2) is 11.1 Å². The molecule has 12 rings (SSSR count). The molecule has 0 saturated heterocycles. The van der Waals surface area contributed by atoms with Crippen molar-refractivity contribution in [2.45, 2.75) is 159 Å². The van der Waals surface area contributed by atoms with E-state index in [1.165, 1.54) is 231 Å². The van der Waals surface area contributed by atoms with E-state index in [9.17, 15) is 0 Å². The number of hydrogen-bond donors (Lipinski definition) is 0. The molecule has 10 aromatic rings. The Morgan fingerprint density at radius 3 is 0.795 bits per heavy atom. The van der Waals surface area contributed by atoms with E-state index in [2.05, 4.69) is 288 Å². The molecule has 0 N–H and O–H groups in total. The second kappa shape index (κ2) is 38.9. The normalized spacial score (nSPS) is 12.2. The summed E-state index contributed by atoms with van der Waals surface area (Å²) in [6.45, 7) is 22.2. The monoisotopic (exact) mass is 1350 g/mol. The number of hydrogen-bond acceptors (Lipinski definition) is 0. The van der Waals surface area contributed by atoms with Crippen molar-refractivity contribution in [3.8, 4) is 0 Å². The van der Waals surface area contributed by atoms with E-state index in [1.807, 2.05) is 0 Å². The number of benzene rings is 8. The summed E-state index contributed by atoms with van der Waals surface area (Å²) in [4.78, 5) is 0. The fraction of sp³-hybridized carbons (Fsp3) is 0.286. The average Bonchev–Trinajstić information content (AvgIpc) is 2.19. The number of halogens is 2. The van der Waals surface area contributed by atoms with Gasteiger partial charge < -0.3 is 24.8 Å². The van der Waals surface area contributed by atoms with Gasteiger partial charge >= 0.3 is 198 Å². The van der Waals surface area contributed by atoms with Gasteiger partial charge in [0.25, 0.3) is 0 Å². The zero-order valence-corrected chi connectivity index (χ0v) is 60.7. The molecule has 2 aliphatic rings. The van der Waals surface area contributed by atoms with Gasteiger partial charge in [0.05, 0.1) is 0 Å². The SMILES string of the molecule is CCCC1=[C-]CC(CCC)=C1CCC.CCCC1=[C-]CC(CCC)=C1CCC.Cc1ccc2c(c1)[cH-]c1cc(C)ccc12.Cc1ccc2c(c1)[cH-]c1cc(C)ccc12.[Cl-].[Cl-].[Zr+2]=[C](c1ccccc1)c1ccccc1.[Zr+2]=[C](c1ccccc1)c1ccccc1. The van der Waals surface area contributed by atoms with Crippen LogP contribution in [0.4, 0.5) is 0 Å². The van der Waals surface area contributed by atoms with E-state index >= 15 is 0 Å². The summed E-state index contributed by atoms with van der Waals surface area (Å²) in [5.74, 6) is 0. The fourth-order valence-electron chi connectivity index (χ4n) is 11.8. The van der Waals surface area contributed by atoms with Gasteiger partial charge in [-0.2, -0.15) is 22.3 Å². The molecule has 88 heavy (non-hydrogen) atoms. The number of aryl methyl sites for hydroxylation is 4. The van der Waals surface area contributed by atoms with Gasteiger partial charge in [0.2, 0.25) is 0 Å². The van der Waals surface area contributed by atoms with Crippen molar-refractivity contribution in [3.05, 3.63) is 296 Å². The molecule has 0 fully saturated rings. The van der Waals surface area contributed by atoms with Gasteiger partial charge in [-0.15, -0.1) is 92.3 Å². The number of rotatable bonds is 16. The van der Waals surface area contributed by atoms with Crippen molar-refractivity contribution in [3.63, 3.8) is 0 Å². The van der Waals surface area contributed by atoms with E-state index in [0.717, 1.165) is 12.8 Å². The molecule has 0 nitrogen and oxygen atoms in total. The average molecular weight is 1360 g/mol. The molecule has 0 heterocycles. The Hall–Kier alpha value is -5.45. The molecular formula is C84H92Cl2Zr2-2. The molecule has 0 aliphatic heterocycles. The van der Waals surface area contributed by atoms with E-state index in [0.29, 0.717) is 0 Å². The maximum absolute atomic E-state index is 3.57. The van der Waals surface area contributed by atoms with Gasteiger partial charge in [-0.05, 0) is 40.5 Å². The van der Waals surface area contributed by atoms with Crippen LogP contribution in [0.25, 0.3) is 43.1 Å². The maximum atomic E-state index is 3.57. The fourth-order valence-corrected chi connectivity index (χ4v) is 13.4. The molecule has 0 atom stereocenters. The van der Waals surface area contributed by atoms with Crippen LogP contribution in [0, 0.1) is 39.8 Å². The van der Waals surface area contributed by atoms with Crippen molar-refractivity contribution in [1.29, 1.82) is 0 Å². The Bertz CT molecular complexity index is 3430. The van der Waals surface area contributed by atoms with Crippen molar-refractivity contribution in [2.75, 3.05) is 0 Å². The Kier molecular flexibility index (Phi) is 32.4. The quantitative estimate of drug-likeness (QED) is 0.0846. The van der Waals surface area contributed by atoms with Gasteiger partial charge in [-0.1, -0.05) is 177 Å². The van der Waals surface area contributed by atoms with Crippen LogP contribution in [0.2, 0.25) is 0 Å². The van der Waals surface area contributed by atoms with Crippen LogP contribution in [0.15, 0.2) is 240 Å². The molecule has 0 aromatic heterocycles. The third-order valence-electron chi connectivity index (χ3n) is 16.0. The Labute approximate surface area is 573 Å². The van der Waals surface area contributed by atoms with Crippen LogP contribution in [0.1, 0.15) is 176 Å². The minimum absolute atomic E-state index is 0. The minimum atomic E-state index is 0. The zero-order valence-electron chi connectivity index (χ0n) is 54.3. The van der Waals surface area contributed by atoms with Gasteiger partial charge in [0, 0.05) is 0 Å². The summed E-state index contributed by atoms with van der Waals surface area (Å²) in [6, 6.07) is 73.4. The van der Waals surface area contributed by atoms with Gasteiger partial charge in [0.1, 0.15) is 0 Å². The summed E-state index contributed by atoms with van der Waals surface area (Å²) in [5, 5.41) is 10.9. The van der Waals surface area contributed by atoms with Crippen molar-refractivity contribution in [1.82, 2.24) is 0 Å². The van der Waals surface area contributed by atoms with Crippen LogP contribution < -0.4 is 24.8 Å². The first-order valence-electron chi connectivity index (χ1n) is 32.0. The summed E-state index contributed by atoms with van der Waals surface area (Å²) in [5.41, 5.74) is 20.4. The predicted molar refractivity (Wildman–Crippen MR) is 371 cm³/mol. The first-order chi connectivity index (χ1) is 41.9. The predicted octanol–water partition coefficient (Wildman–Crippen LogP) is 17.9. The summed E-state index contributed by atoms with van der Waals surface area (Å²) in [6.07, 6.45) is 24.6. The molecule has 0 amide bonds. The van der Waals surface area contributed by atoms with Gasteiger partial charge in [-0.3, -0.25) is 12.2 Å². The van der Waals surface area contributed by atoms with Crippen LogP contribution in [-0.2, 0) is 48.5 Å². The van der Waals surface area contributed by atoms with Crippen molar-refractivity contribution >= 4 is 49.5 Å². The third kappa shape index (κ3) is 21.3. The second-order valence-corrected chi connectivity index (χ2v) is 25.7. The van der Waals surface area contributed by atoms with Gasteiger partial charge in [0.15, 0.2) is 0 Å². The molecule has 0 unspecified atom stereocenters. The number of allylic oxidation sites excluding steroid dienone is 8. The molecule has 0 spiro atoms. The molecular weight excluding hydrogens is 1260 g/mol. The van der Waals surface area contributed by atoms with E-state index in [4.69, 9.17) is 0 Å². The molecule has 0 saturated carbocycles. The summed E-state index contributed by atoms with van der Waals surface area (Å²) in [7, 11) is 0. The third-order valence-corrected chi connectivity index (χ3v) is 18.8. The van der Waals surface area contributed by atoms with Crippen LogP contribution >= 0.6 is 0 Å². The van der Waals surface area contributed by atoms with Crippen molar-refractivity contribution in [2.24, 2.45) is 0 Å². The van der Waals surface area contributed by atoms with E-state index < -0.39 is 0 Å². The Morgan fingerprint density at radius 1 is 0.330 bits per heavy atom. The van der Waals surface area contributed by atoms with E-state index in [-0.39, 0.29) is 24.8 Å². The van der Waals surface area contributed by atoms with Crippen LogP contribution in [-0.4, -0.2) is 6.41 Å². The molecule has 452 valence electrons. The number of fused-ring (bicyclic) bond motifs is 6.